The smallest absolute Gasteiger partial charge is 0.206 e. The van der Waals surface area contributed by atoms with Crippen molar-refractivity contribution < 1.29 is 13.2 Å². The summed E-state index contributed by atoms with van der Waals surface area (Å²) in [5, 5.41) is 0. The van der Waals surface area contributed by atoms with Crippen molar-refractivity contribution in [2.45, 2.75) is 43.6 Å². The zero-order valence-electron chi connectivity index (χ0n) is 12.2. The second kappa shape index (κ2) is 4.60. The van der Waals surface area contributed by atoms with Crippen LogP contribution in [0.4, 0.5) is 0 Å². The van der Waals surface area contributed by atoms with Crippen molar-refractivity contribution in [3.8, 4) is 0 Å². The van der Waals surface area contributed by atoms with Gasteiger partial charge in [0.2, 0.25) is 9.84 Å². The first kappa shape index (κ1) is 13.4. The lowest BCUT2D eigenvalue weighted by Crippen LogP contribution is -2.35. The molecule has 1 heterocycles. The molecule has 2 fully saturated rings. The van der Waals surface area contributed by atoms with Crippen molar-refractivity contribution in [2.24, 2.45) is 17.8 Å². The van der Waals surface area contributed by atoms with E-state index in [-0.39, 0.29) is 6.10 Å². The van der Waals surface area contributed by atoms with Gasteiger partial charge < -0.3 is 4.74 Å². The van der Waals surface area contributed by atoms with Gasteiger partial charge in [0.15, 0.2) is 0 Å². The number of hydrogen-bond acceptors (Lipinski definition) is 3. The topological polar surface area (TPSA) is 43.4 Å². The quantitative estimate of drug-likeness (QED) is 0.839. The molecule has 2 unspecified atom stereocenters. The molecule has 2 bridgehead atoms. The maximum atomic E-state index is 12.9. The second-order valence-corrected chi connectivity index (χ2v) is 8.55. The van der Waals surface area contributed by atoms with E-state index in [1.54, 1.807) is 24.3 Å². The molecule has 0 N–H and O–H groups in total. The summed E-state index contributed by atoms with van der Waals surface area (Å²) < 4.78 is 31.8. The van der Waals surface area contributed by atoms with Gasteiger partial charge in [-0.05, 0) is 56.6 Å². The highest BCUT2D eigenvalue weighted by Gasteiger charge is 2.52. The first-order chi connectivity index (χ1) is 10.1. The van der Waals surface area contributed by atoms with Crippen LogP contribution in [0.1, 0.15) is 32.6 Å². The molecule has 3 aliphatic rings. The Morgan fingerprint density at radius 1 is 1.10 bits per heavy atom. The maximum Gasteiger partial charge on any atom is 0.206 e. The summed E-state index contributed by atoms with van der Waals surface area (Å²) >= 11 is 0. The molecule has 0 aromatic heterocycles. The number of fused-ring (bicyclic) bond motifs is 5. The fraction of sp³-hybridized carbons (Fsp3) is 0.529. The van der Waals surface area contributed by atoms with Crippen molar-refractivity contribution in [2.75, 3.05) is 0 Å². The number of ether oxygens (including phenoxy) is 1. The van der Waals surface area contributed by atoms with Crippen LogP contribution in [0.2, 0.25) is 0 Å². The second-order valence-electron chi connectivity index (χ2n) is 6.58. The number of allylic oxidation sites excluding steroid dienone is 2. The number of benzene rings is 1. The van der Waals surface area contributed by atoms with E-state index in [1.807, 2.05) is 13.0 Å². The minimum Gasteiger partial charge on any atom is -0.493 e. The van der Waals surface area contributed by atoms with Gasteiger partial charge in [-0.3, -0.25) is 0 Å². The first-order valence-corrected chi connectivity index (χ1v) is 9.22. The molecule has 1 aliphatic heterocycles. The van der Waals surface area contributed by atoms with E-state index in [2.05, 4.69) is 0 Å². The van der Waals surface area contributed by atoms with E-state index in [1.165, 1.54) is 19.3 Å². The summed E-state index contributed by atoms with van der Waals surface area (Å²) in [6.45, 7) is 1.82. The zero-order chi connectivity index (χ0) is 14.6. The zero-order valence-corrected chi connectivity index (χ0v) is 13.0. The molecule has 112 valence electrons. The Kier molecular flexibility index (Phi) is 2.93. The Balaban J connectivity index is 1.72. The molecule has 1 aromatic carbocycles. The van der Waals surface area contributed by atoms with Crippen LogP contribution in [0.25, 0.3) is 0 Å². The molecule has 2 saturated carbocycles. The minimum atomic E-state index is -3.41. The number of sulfone groups is 1. The van der Waals surface area contributed by atoms with Gasteiger partial charge in [0, 0.05) is 5.92 Å². The van der Waals surface area contributed by atoms with Crippen molar-refractivity contribution in [3.05, 3.63) is 41.0 Å². The van der Waals surface area contributed by atoms with Crippen molar-refractivity contribution >= 4 is 9.84 Å². The predicted molar refractivity (Wildman–Crippen MR) is 80.1 cm³/mol. The molecule has 0 radical (unpaired) electrons. The summed E-state index contributed by atoms with van der Waals surface area (Å²) in [5.41, 5.74) is 0. The summed E-state index contributed by atoms with van der Waals surface area (Å²) in [7, 11) is -3.41. The predicted octanol–water partition coefficient (Wildman–Crippen LogP) is 3.53. The fourth-order valence-corrected chi connectivity index (χ4v) is 6.13. The summed E-state index contributed by atoms with van der Waals surface area (Å²) in [5.74, 6) is 2.33. The van der Waals surface area contributed by atoms with Gasteiger partial charge >= 0.3 is 0 Å². The lowest BCUT2D eigenvalue weighted by molar-refractivity contribution is 0.0105. The average molecular weight is 304 g/mol. The SMILES string of the molecule is CC1=C(S(=O)(=O)c2ccccc2)C[C@H]2C3CCC(C3)[C@H]2O1. The van der Waals surface area contributed by atoms with E-state index < -0.39 is 9.84 Å². The fourth-order valence-electron chi connectivity index (χ4n) is 4.49. The van der Waals surface area contributed by atoms with E-state index in [0.717, 1.165) is 0 Å². The molecular weight excluding hydrogens is 284 g/mol. The Bertz CT molecular complexity index is 690. The highest BCUT2D eigenvalue weighted by atomic mass is 32.2. The molecule has 0 spiro atoms. The molecule has 4 atom stereocenters. The molecule has 21 heavy (non-hydrogen) atoms. The highest BCUT2D eigenvalue weighted by molar-refractivity contribution is 7.95. The molecule has 2 aliphatic carbocycles. The average Bonchev–Trinajstić information content (AvgIpc) is 3.09. The lowest BCUT2D eigenvalue weighted by atomic mass is 9.82. The first-order valence-electron chi connectivity index (χ1n) is 7.74. The molecule has 0 amide bonds. The van der Waals surface area contributed by atoms with Gasteiger partial charge in [-0.15, -0.1) is 0 Å². The largest absolute Gasteiger partial charge is 0.493 e. The Labute approximate surface area is 125 Å². The van der Waals surface area contributed by atoms with Gasteiger partial charge in [0.1, 0.15) is 11.9 Å². The van der Waals surface area contributed by atoms with Crippen molar-refractivity contribution in [1.29, 1.82) is 0 Å². The molecule has 0 saturated heterocycles. The van der Waals surface area contributed by atoms with Gasteiger partial charge in [0.05, 0.1) is 9.80 Å². The highest BCUT2D eigenvalue weighted by Crippen LogP contribution is 2.55. The van der Waals surface area contributed by atoms with Crippen LogP contribution < -0.4 is 0 Å². The lowest BCUT2D eigenvalue weighted by Gasteiger charge is -2.36. The van der Waals surface area contributed by atoms with E-state index in [9.17, 15) is 8.42 Å². The van der Waals surface area contributed by atoms with E-state index in [4.69, 9.17) is 4.74 Å². The van der Waals surface area contributed by atoms with Crippen LogP contribution in [-0.2, 0) is 14.6 Å². The summed E-state index contributed by atoms with van der Waals surface area (Å²) in [6, 6.07) is 8.72. The third kappa shape index (κ3) is 1.95. The summed E-state index contributed by atoms with van der Waals surface area (Å²) in [4.78, 5) is 0.882. The normalized spacial score (nSPS) is 34.7. The Hall–Kier alpha value is -1.29. The van der Waals surface area contributed by atoms with Gasteiger partial charge in [0.25, 0.3) is 0 Å². The minimum absolute atomic E-state index is 0.262. The van der Waals surface area contributed by atoms with Gasteiger partial charge in [-0.25, -0.2) is 8.42 Å². The van der Waals surface area contributed by atoms with Gasteiger partial charge in [-0.1, -0.05) is 18.2 Å². The molecule has 3 nitrogen and oxygen atoms in total. The van der Waals surface area contributed by atoms with Crippen LogP contribution in [-0.4, -0.2) is 14.5 Å². The third-order valence-electron chi connectivity index (χ3n) is 5.51. The summed E-state index contributed by atoms with van der Waals surface area (Å²) in [6.07, 6.45) is 4.64. The van der Waals surface area contributed by atoms with Crippen LogP contribution in [0.15, 0.2) is 45.9 Å². The molecular formula is C17H20O3S. The molecule has 4 heteroatoms. The molecule has 1 aromatic rings. The van der Waals surface area contributed by atoms with Crippen molar-refractivity contribution in [1.82, 2.24) is 0 Å². The maximum absolute atomic E-state index is 12.9. The van der Waals surface area contributed by atoms with Crippen LogP contribution >= 0.6 is 0 Å². The van der Waals surface area contributed by atoms with Crippen LogP contribution in [0.5, 0.6) is 0 Å². The number of rotatable bonds is 2. The van der Waals surface area contributed by atoms with Crippen molar-refractivity contribution in [3.63, 3.8) is 0 Å². The van der Waals surface area contributed by atoms with E-state index >= 15 is 0 Å². The Morgan fingerprint density at radius 3 is 2.57 bits per heavy atom. The van der Waals surface area contributed by atoms with Gasteiger partial charge in [-0.2, -0.15) is 0 Å². The Morgan fingerprint density at radius 2 is 1.81 bits per heavy atom. The number of hydrogen-bond donors (Lipinski definition) is 0. The standard InChI is InChI=1S/C17H20O3S/c1-11-16(21(18,19)14-5-3-2-4-6-14)10-15-12-7-8-13(9-12)17(15)20-11/h2-6,12-13,15,17H,7-10H2,1H3/t12?,13?,15-,17+/m0/s1. The van der Waals surface area contributed by atoms with Crippen LogP contribution in [0.3, 0.4) is 0 Å². The monoisotopic (exact) mass is 304 g/mol. The van der Waals surface area contributed by atoms with E-state index in [0.29, 0.717) is 39.7 Å². The third-order valence-corrected chi connectivity index (χ3v) is 7.51. The molecule has 4 rings (SSSR count). The van der Waals surface area contributed by atoms with Crippen LogP contribution in [0, 0.1) is 17.8 Å².